The molecular weight excluding hydrogens is 271 g/mol. The average molecular weight is 288 g/mol. The van der Waals surface area contributed by atoms with Crippen molar-refractivity contribution in [3.8, 4) is 0 Å². The van der Waals surface area contributed by atoms with Gasteiger partial charge in [-0.3, -0.25) is 0 Å². The number of rotatable bonds is 5. The van der Waals surface area contributed by atoms with E-state index in [2.05, 4.69) is 4.72 Å². The van der Waals surface area contributed by atoms with Gasteiger partial charge < -0.3 is 10.5 Å². The molecule has 2 rings (SSSR count). The third-order valence-electron chi connectivity index (χ3n) is 3.29. The highest BCUT2D eigenvalue weighted by atomic mass is 32.2. The van der Waals surface area contributed by atoms with E-state index in [-0.39, 0.29) is 23.6 Å². The number of nitrogens with one attached hydrogen (secondary N) is 1. The van der Waals surface area contributed by atoms with Crippen molar-refractivity contribution in [2.75, 3.05) is 7.11 Å². The van der Waals surface area contributed by atoms with Crippen LogP contribution < -0.4 is 10.5 Å². The van der Waals surface area contributed by atoms with Crippen LogP contribution in [-0.4, -0.2) is 27.7 Å². The Balaban J connectivity index is 2.18. The van der Waals surface area contributed by atoms with E-state index in [9.17, 15) is 12.8 Å². The zero-order chi connectivity index (χ0) is 14.0. The maximum atomic E-state index is 13.2. The van der Waals surface area contributed by atoms with Gasteiger partial charge in [-0.25, -0.2) is 17.5 Å². The van der Waals surface area contributed by atoms with Gasteiger partial charge in [0.05, 0.1) is 11.0 Å². The number of sulfonamides is 1. The fourth-order valence-electron chi connectivity index (χ4n) is 2.08. The van der Waals surface area contributed by atoms with Crippen molar-refractivity contribution in [3.05, 3.63) is 29.6 Å². The van der Waals surface area contributed by atoms with E-state index in [0.29, 0.717) is 18.4 Å². The molecule has 7 heteroatoms. The molecule has 1 aromatic rings. The molecule has 0 atom stereocenters. The molecule has 1 aliphatic rings. The summed E-state index contributed by atoms with van der Waals surface area (Å²) < 4.78 is 45.2. The van der Waals surface area contributed by atoms with Crippen LogP contribution in [-0.2, 0) is 21.3 Å². The lowest BCUT2D eigenvalue weighted by Crippen LogP contribution is -2.47. The smallest absolute Gasteiger partial charge is 0.241 e. The Bertz CT molecular complexity index is 556. The Hall–Kier alpha value is -1.02. The van der Waals surface area contributed by atoms with Crippen LogP contribution in [0.15, 0.2) is 23.1 Å². The SMILES string of the molecule is COC1CC(NS(=O)(=O)c2cc(F)ccc2CN)C1. The molecule has 0 spiro atoms. The van der Waals surface area contributed by atoms with Crippen LogP contribution in [0.1, 0.15) is 18.4 Å². The van der Waals surface area contributed by atoms with Crippen molar-refractivity contribution in [1.82, 2.24) is 4.72 Å². The minimum absolute atomic E-state index is 0.0435. The van der Waals surface area contributed by atoms with Gasteiger partial charge in [-0.1, -0.05) is 6.07 Å². The molecule has 0 heterocycles. The molecule has 1 aliphatic carbocycles. The second kappa shape index (κ2) is 5.54. The number of hydrogen-bond donors (Lipinski definition) is 2. The van der Waals surface area contributed by atoms with E-state index in [1.807, 2.05) is 0 Å². The fraction of sp³-hybridized carbons (Fsp3) is 0.500. The predicted molar refractivity (Wildman–Crippen MR) is 68.4 cm³/mol. The molecule has 0 aliphatic heterocycles. The topological polar surface area (TPSA) is 81.4 Å². The molecule has 1 fully saturated rings. The van der Waals surface area contributed by atoms with Gasteiger partial charge in [0.1, 0.15) is 5.82 Å². The van der Waals surface area contributed by atoms with E-state index < -0.39 is 15.8 Å². The van der Waals surface area contributed by atoms with E-state index in [0.717, 1.165) is 6.07 Å². The molecule has 106 valence electrons. The van der Waals surface area contributed by atoms with Gasteiger partial charge in [0.2, 0.25) is 10.0 Å². The lowest BCUT2D eigenvalue weighted by Gasteiger charge is -2.34. The predicted octanol–water partition coefficient (Wildman–Crippen LogP) is 0.740. The Morgan fingerprint density at radius 3 is 2.74 bits per heavy atom. The molecule has 0 saturated heterocycles. The van der Waals surface area contributed by atoms with Crippen molar-refractivity contribution in [2.45, 2.75) is 36.4 Å². The molecule has 0 amide bonds. The molecule has 19 heavy (non-hydrogen) atoms. The second-order valence-electron chi connectivity index (χ2n) is 4.60. The third-order valence-corrected chi connectivity index (χ3v) is 4.89. The summed E-state index contributed by atoms with van der Waals surface area (Å²) in [6, 6.07) is 3.43. The first-order valence-electron chi connectivity index (χ1n) is 6.00. The Kier molecular flexibility index (Phi) is 4.19. The third kappa shape index (κ3) is 3.11. The summed E-state index contributed by atoms with van der Waals surface area (Å²) in [5.41, 5.74) is 5.88. The minimum Gasteiger partial charge on any atom is -0.381 e. The second-order valence-corrected chi connectivity index (χ2v) is 6.29. The molecule has 0 radical (unpaired) electrons. The highest BCUT2D eigenvalue weighted by Gasteiger charge is 2.33. The van der Waals surface area contributed by atoms with Crippen molar-refractivity contribution in [3.63, 3.8) is 0 Å². The first-order chi connectivity index (χ1) is 8.96. The van der Waals surface area contributed by atoms with Crippen molar-refractivity contribution < 1.29 is 17.5 Å². The van der Waals surface area contributed by atoms with Crippen molar-refractivity contribution in [2.24, 2.45) is 5.73 Å². The van der Waals surface area contributed by atoms with Crippen LogP contribution in [0.3, 0.4) is 0 Å². The van der Waals surface area contributed by atoms with Crippen LogP contribution in [0.2, 0.25) is 0 Å². The standard InChI is InChI=1S/C12H17FN2O3S/c1-18-11-5-10(6-11)15-19(16,17)12-4-9(13)3-2-8(12)7-14/h2-4,10-11,15H,5-7,14H2,1H3. The monoisotopic (exact) mass is 288 g/mol. The quantitative estimate of drug-likeness (QED) is 0.837. The lowest BCUT2D eigenvalue weighted by molar-refractivity contribution is 0.0236. The van der Waals surface area contributed by atoms with Gasteiger partial charge in [-0.05, 0) is 30.5 Å². The van der Waals surface area contributed by atoms with E-state index >= 15 is 0 Å². The molecular formula is C12H17FN2O3S. The summed E-state index contributed by atoms with van der Waals surface area (Å²) in [7, 11) is -2.15. The zero-order valence-electron chi connectivity index (χ0n) is 10.6. The molecule has 0 unspecified atom stereocenters. The molecule has 0 aromatic heterocycles. The van der Waals surface area contributed by atoms with Crippen molar-refractivity contribution in [1.29, 1.82) is 0 Å². The summed E-state index contributed by atoms with van der Waals surface area (Å²) in [6.07, 6.45) is 1.35. The normalized spacial score (nSPS) is 23.1. The summed E-state index contributed by atoms with van der Waals surface area (Å²) in [5.74, 6) is -0.596. The number of halogens is 1. The van der Waals surface area contributed by atoms with Gasteiger partial charge in [0.15, 0.2) is 0 Å². The van der Waals surface area contributed by atoms with Crippen LogP contribution in [0.4, 0.5) is 4.39 Å². The Morgan fingerprint density at radius 2 is 2.16 bits per heavy atom. The minimum atomic E-state index is -3.74. The highest BCUT2D eigenvalue weighted by Crippen LogP contribution is 2.25. The largest absolute Gasteiger partial charge is 0.381 e. The lowest BCUT2D eigenvalue weighted by atomic mass is 9.90. The molecule has 0 bridgehead atoms. The van der Waals surface area contributed by atoms with Gasteiger partial charge in [0.25, 0.3) is 0 Å². The summed E-state index contributed by atoms with van der Waals surface area (Å²) in [6.45, 7) is 0.0435. The summed E-state index contributed by atoms with van der Waals surface area (Å²) in [5, 5.41) is 0. The summed E-state index contributed by atoms with van der Waals surface area (Å²) in [4.78, 5) is -0.0872. The average Bonchev–Trinajstić information content (AvgIpc) is 2.33. The van der Waals surface area contributed by atoms with E-state index in [1.165, 1.54) is 12.1 Å². The van der Waals surface area contributed by atoms with Crippen molar-refractivity contribution >= 4 is 10.0 Å². The van der Waals surface area contributed by atoms with Crippen LogP contribution in [0, 0.1) is 5.82 Å². The summed E-state index contributed by atoms with van der Waals surface area (Å²) >= 11 is 0. The molecule has 1 saturated carbocycles. The number of hydrogen-bond acceptors (Lipinski definition) is 4. The highest BCUT2D eigenvalue weighted by molar-refractivity contribution is 7.89. The fourth-order valence-corrected chi connectivity index (χ4v) is 3.61. The molecule has 5 nitrogen and oxygen atoms in total. The van der Waals surface area contributed by atoms with Gasteiger partial charge in [-0.15, -0.1) is 0 Å². The van der Waals surface area contributed by atoms with E-state index in [4.69, 9.17) is 10.5 Å². The van der Waals surface area contributed by atoms with Crippen LogP contribution >= 0.6 is 0 Å². The Labute approximate surface area is 112 Å². The maximum Gasteiger partial charge on any atom is 0.241 e. The van der Waals surface area contributed by atoms with Crippen LogP contribution in [0.25, 0.3) is 0 Å². The van der Waals surface area contributed by atoms with Gasteiger partial charge in [0, 0.05) is 19.7 Å². The first kappa shape index (κ1) is 14.4. The number of benzene rings is 1. The number of methoxy groups -OCH3 is 1. The first-order valence-corrected chi connectivity index (χ1v) is 7.48. The maximum absolute atomic E-state index is 13.2. The number of ether oxygens (including phenoxy) is 1. The zero-order valence-corrected chi connectivity index (χ0v) is 11.4. The van der Waals surface area contributed by atoms with Gasteiger partial charge >= 0.3 is 0 Å². The number of nitrogens with two attached hydrogens (primary N) is 1. The molecule has 3 N–H and O–H groups in total. The van der Waals surface area contributed by atoms with E-state index in [1.54, 1.807) is 7.11 Å². The van der Waals surface area contributed by atoms with Crippen LogP contribution in [0.5, 0.6) is 0 Å². The van der Waals surface area contributed by atoms with Gasteiger partial charge in [-0.2, -0.15) is 0 Å². The Morgan fingerprint density at radius 1 is 1.47 bits per heavy atom. The molecule has 1 aromatic carbocycles.